The number of carbonyl (C=O) groups excluding carboxylic acids is 2. The molecule has 41 heavy (non-hydrogen) atoms. The number of anilines is 1. The van der Waals surface area contributed by atoms with Crippen LogP contribution in [-0.4, -0.2) is 59.0 Å². The Hall–Kier alpha value is -4.05. The summed E-state index contributed by atoms with van der Waals surface area (Å²) in [5.41, 5.74) is 3.91. The number of amides is 2. The number of hydrogen-bond acceptors (Lipinski definition) is 6. The Kier molecular flexibility index (Phi) is 10.4. The number of nitrogens with zero attached hydrogens (tertiary/aromatic N) is 2. The van der Waals surface area contributed by atoms with Crippen LogP contribution in [0.5, 0.6) is 11.5 Å². The highest BCUT2D eigenvalue weighted by molar-refractivity contribution is 7.92. The number of sulfonamides is 1. The van der Waals surface area contributed by atoms with Gasteiger partial charge in [0.1, 0.15) is 12.6 Å². The van der Waals surface area contributed by atoms with Gasteiger partial charge < -0.3 is 19.7 Å². The summed E-state index contributed by atoms with van der Waals surface area (Å²) in [6.07, 6.45) is 0.350. The van der Waals surface area contributed by atoms with E-state index in [4.69, 9.17) is 9.47 Å². The van der Waals surface area contributed by atoms with Crippen LogP contribution in [0.15, 0.2) is 65.6 Å². The fraction of sp³-hybridized carbons (Fsp3) is 0.355. The van der Waals surface area contributed by atoms with Crippen molar-refractivity contribution in [1.82, 2.24) is 10.2 Å². The van der Waals surface area contributed by atoms with Gasteiger partial charge in [-0.2, -0.15) is 0 Å². The molecule has 3 aromatic carbocycles. The lowest BCUT2D eigenvalue weighted by molar-refractivity contribution is -0.140. The van der Waals surface area contributed by atoms with Crippen LogP contribution in [0.2, 0.25) is 0 Å². The van der Waals surface area contributed by atoms with E-state index in [1.54, 1.807) is 12.1 Å². The molecule has 0 fully saturated rings. The molecule has 3 aromatic rings. The molecule has 0 aliphatic heterocycles. The molecule has 0 bridgehead atoms. The first-order valence-corrected chi connectivity index (χ1v) is 14.8. The van der Waals surface area contributed by atoms with E-state index >= 15 is 0 Å². The first-order chi connectivity index (χ1) is 19.4. The number of carbonyl (C=O) groups is 2. The number of aryl methyl sites for hydroxylation is 3. The molecule has 0 saturated heterocycles. The van der Waals surface area contributed by atoms with Gasteiger partial charge in [0.05, 0.1) is 24.8 Å². The summed E-state index contributed by atoms with van der Waals surface area (Å²) in [6.45, 7) is 7.13. The van der Waals surface area contributed by atoms with Gasteiger partial charge in [-0.3, -0.25) is 13.9 Å². The van der Waals surface area contributed by atoms with Crippen LogP contribution >= 0.6 is 0 Å². The van der Waals surface area contributed by atoms with Crippen molar-refractivity contribution in [3.63, 3.8) is 0 Å². The lowest BCUT2D eigenvalue weighted by Crippen LogP contribution is -2.51. The van der Waals surface area contributed by atoms with Crippen LogP contribution in [-0.2, 0) is 26.2 Å². The van der Waals surface area contributed by atoms with Crippen LogP contribution in [0.25, 0.3) is 0 Å². The van der Waals surface area contributed by atoms with Gasteiger partial charge in [-0.15, -0.1) is 0 Å². The first kappa shape index (κ1) is 31.5. The minimum Gasteiger partial charge on any atom is -0.493 e. The zero-order valence-corrected chi connectivity index (χ0v) is 25.5. The van der Waals surface area contributed by atoms with Crippen LogP contribution in [0.1, 0.15) is 35.6 Å². The van der Waals surface area contributed by atoms with Crippen molar-refractivity contribution in [2.75, 3.05) is 32.1 Å². The molecule has 0 radical (unpaired) electrons. The number of benzene rings is 3. The van der Waals surface area contributed by atoms with Gasteiger partial charge in [-0.1, -0.05) is 42.8 Å². The quantitative estimate of drug-likeness (QED) is 0.341. The maximum atomic E-state index is 14.2. The molecule has 0 aromatic heterocycles. The average Bonchev–Trinajstić information content (AvgIpc) is 2.95. The minimum atomic E-state index is -4.26. The average molecular weight is 582 g/mol. The summed E-state index contributed by atoms with van der Waals surface area (Å²) in [7, 11) is 0.143. The highest BCUT2D eigenvalue weighted by Crippen LogP contribution is 2.33. The number of hydrogen-bond donors (Lipinski definition) is 1. The summed E-state index contributed by atoms with van der Waals surface area (Å²) < 4.78 is 40.1. The van der Waals surface area contributed by atoms with Crippen molar-refractivity contribution < 1.29 is 27.5 Å². The van der Waals surface area contributed by atoms with Gasteiger partial charge in [-0.05, 0) is 68.1 Å². The number of nitrogens with one attached hydrogen (secondary N) is 1. The lowest BCUT2D eigenvalue weighted by Gasteiger charge is -2.33. The SMILES string of the molecule is CC[C@@H](C(=O)NC)N(Cc1ccc(C)cc1)C(=O)CN(c1cc(C)cc(C)c1)S(=O)(=O)c1ccc(OC)c(OC)c1. The summed E-state index contributed by atoms with van der Waals surface area (Å²) in [5.74, 6) is -0.217. The van der Waals surface area contributed by atoms with E-state index in [1.165, 1.54) is 44.4 Å². The lowest BCUT2D eigenvalue weighted by atomic mass is 10.1. The Morgan fingerprint density at radius 2 is 1.46 bits per heavy atom. The Bertz CT molecular complexity index is 1470. The smallest absolute Gasteiger partial charge is 0.264 e. The van der Waals surface area contributed by atoms with Crippen molar-refractivity contribution in [1.29, 1.82) is 0 Å². The molecule has 10 heteroatoms. The second-order valence-corrected chi connectivity index (χ2v) is 11.8. The standard InChI is InChI=1S/C31H39N3O6S/c1-8-27(31(36)32-5)33(19-24-11-9-21(2)10-12-24)30(35)20-34(25-16-22(3)15-23(4)17-25)41(37,38)26-13-14-28(39-6)29(18-26)40-7/h9-18,27H,8,19-20H2,1-7H3,(H,32,36)/t27-/m0/s1. The maximum absolute atomic E-state index is 14.2. The molecule has 1 N–H and O–H groups in total. The van der Waals surface area contributed by atoms with Crippen molar-refractivity contribution >= 4 is 27.5 Å². The molecule has 9 nitrogen and oxygen atoms in total. The van der Waals surface area contributed by atoms with Crippen molar-refractivity contribution in [3.05, 3.63) is 82.9 Å². The Morgan fingerprint density at radius 3 is 2.00 bits per heavy atom. The number of ether oxygens (including phenoxy) is 2. The molecule has 0 aliphatic carbocycles. The topological polar surface area (TPSA) is 105 Å². The van der Waals surface area contributed by atoms with Gasteiger partial charge in [0.2, 0.25) is 11.8 Å². The van der Waals surface area contributed by atoms with Crippen molar-refractivity contribution in [2.45, 2.75) is 51.6 Å². The van der Waals surface area contributed by atoms with E-state index in [0.29, 0.717) is 17.9 Å². The third-order valence-electron chi connectivity index (χ3n) is 6.82. The van der Waals surface area contributed by atoms with Crippen molar-refractivity contribution in [2.24, 2.45) is 0 Å². The highest BCUT2D eigenvalue weighted by Gasteiger charge is 2.34. The zero-order valence-electron chi connectivity index (χ0n) is 24.7. The number of rotatable bonds is 12. The van der Waals surface area contributed by atoms with Gasteiger partial charge in [-0.25, -0.2) is 8.42 Å². The summed E-state index contributed by atoms with van der Waals surface area (Å²) >= 11 is 0. The van der Waals surface area contributed by atoms with Gasteiger partial charge in [0.15, 0.2) is 11.5 Å². The molecular formula is C31H39N3O6S. The van der Waals surface area contributed by atoms with E-state index in [2.05, 4.69) is 5.32 Å². The van der Waals surface area contributed by atoms with E-state index in [9.17, 15) is 18.0 Å². The molecule has 0 spiro atoms. The molecule has 0 aliphatic rings. The highest BCUT2D eigenvalue weighted by atomic mass is 32.2. The number of likely N-dealkylation sites (N-methyl/N-ethyl adjacent to an activating group) is 1. The predicted molar refractivity (Wildman–Crippen MR) is 160 cm³/mol. The minimum absolute atomic E-state index is 0.0643. The second-order valence-electron chi connectivity index (χ2n) is 9.92. The van der Waals surface area contributed by atoms with Crippen LogP contribution < -0.4 is 19.1 Å². The fourth-order valence-electron chi connectivity index (χ4n) is 4.70. The van der Waals surface area contributed by atoms with Gasteiger partial charge >= 0.3 is 0 Å². The van der Waals surface area contributed by atoms with E-state index in [0.717, 1.165) is 26.6 Å². The van der Waals surface area contributed by atoms with E-state index in [-0.39, 0.29) is 23.1 Å². The molecule has 220 valence electrons. The third-order valence-corrected chi connectivity index (χ3v) is 8.59. The molecule has 0 unspecified atom stereocenters. The van der Waals surface area contributed by atoms with Gasteiger partial charge in [0.25, 0.3) is 10.0 Å². The Balaban J connectivity index is 2.13. The Morgan fingerprint density at radius 1 is 0.854 bits per heavy atom. The fourth-order valence-corrected chi connectivity index (χ4v) is 6.12. The molecule has 2 amide bonds. The molecule has 0 saturated carbocycles. The summed E-state index contributed by atoms with van der Waals surface area (Å²) in [5, 5.41) is 2.64. The molecular weight excluding hydrogens is 542 g/mol. The monoisotopic (exact) mass is 581 g/mol. The van der Waals surface area contributed by atoms with Gasteiger partial charge in [0, 0.05) is 19.7 Å². The zero-order chi connectivity index (χ0) is 30.3. The van der Waals surface area contributed by atoms with E-state index in [1.807, 2.05) is 58.0 Å². The van der Waals surface area contributed by atoms with Crippen molar-refractivity contribution in [3.8, 4) is 11.5 Å². The third kappa shape index (κ3) is 7.38. The summed E-state index contributed by atoms with van der Waals surface area (Å²) in [4.78, 5) is 28.3. The molecule has 1 atom stereocenters. The predicted octanol–water partition coefficient (Wildman–Crippen LogP) is 4.38. The van der Waals surface area contributed by atoms with Crippen LogP contribution in [0.3, 0.4) is 0 Å². The largest absolute Gasteiger partial charge is 0.493 e. The normalized spacial score (nSPS) is 11.9. The summed E-state index contributed by atoms with van der Waals surface area (Å²) in [6, 6.07) is 16.5. The first-order valence-electron chi connectivity index (χ1n) is 13.3. The molecule has 3 rings (SSSR count). The maximum Gasteiger partial charge on any atom is 0.264 e. The van der Waals surface area contributed by atoms with E-state index < -0.39 is 28.5 Å². The number of methoxy groups -OCH3 is 2. The Labute approximate surface area is 243 Å². The van der Waals surface area contributed by atoms with Crippen LogP contribution in [0, 0.1) is 20.8 Å². The molecule has 0 heterocycles. The van der Waals surface area contributed by atoms with Crippen LogP contribution in [0.4, 0.5) is 5.69 Å². The second kappa shape index (κ2) is 13.5.